The number of hydrogen-bond donors (Lipinski definition) is 2. The minimum absolute atomic E-state index is 0. The molecule has 86 valence electrons. The van der Waals surface area contributed by atoms with Gasteiger partial charge in [-0.25, -0.2) is 0 Å². The summed E-state index contributed by atoms with van der Waals surface area (Å²) in [5.74, 6) is -5.01. The summed E-state index contributed by atoms with van der Waals surface area (Å²) >= 11 is -2.53. The maximum Gasteiger partial charge on any atom is 1.00 e. The molecular weight excluding hydrogens is 247 g/mol. The monoisotopic (exact) mass is 258 g/mol. The fraction of sp³-hybridized carbons (Fsp3) is 0.750. The summed E-state index contributed by atoms with van der Waals surface area (Å²) < 4.78 is 21.6. The van der Waals surface area contributed by atoms with Crippen LogP contribution in [0.15, 0.2) is 0 Å². The quantitative estimate of drug-likeness (QED) is 0.407. The predicted molar refractivity (Wildman–Crippen MR) is 48.8 cm³/mol. The zero-order valence-corrected chi connectivity index (χ0v) is 11.6. The Morgan fingerprint density at radius 3 is 2.12 bits per heavy atom. The second-order valence-electron chi connectivity index (χ2n) is 3.54. The fourth-order valence-electron chi connectivity index (χ4n) is 1.98. The molecule has 0 radical (unpaired) electrons. The van der Waals surface area contributed by atoms with E-state index in [1.807, 2.05) is 0 Å². The van der Waals surface area contributed by atoms with Crippen LogP contribution in [0.25, 0.3) is 0 Å². The van der Waals surface area contributed by atoms with Crippen molar-refractivity contribution in [3.05, 3.63) is 0 Å². The van der Waals surface area contributed by atoms with Crippen molar-refractivity contribution in [1.29, 1.82) is 0 Å². The molecule has 1 saturated carbocycles. The van der Waals surface area contributed by atoms with Crippen molar-refractivity contribution >= 4 is 23.0 Å². The Morgan fingerprint density at radius 1 is 1.19 bits per heavy atom. The third kappa shape index (κ3) is 3.53. The summed E-state index contributed by atoms with van der Waals surface area (Å²) in [6.07, 6.45) is 0.871. The van der Waals surface area contributed by atoms with Gasteiger partial charge >= 0.3 is 41.5 Å². The Balaban J connectivity index is 0.00000225. The Bertz CT molecular complexity index is 285. The summed E-state index contributed by atoms with van der Waals surface area (Å²) in [7, 11) is 0. The van der Waals surface area contributed by atoms with E-state index in [1.165, 1.54) is 0 Å². The summed E-state index contributed by atoms with van der Waals surface area (Å²) in [6, 6.07) is 0. The Hall–Kier alpha value is 0.0500. The van der Waals surface area contributed by atoms with Gasteiger partial charge in [-0.3, -0.25) is 13.8 Å². The molecule has 4 atom stereocenters. The van der Waals surface area contributed by atoms with Gasteiger partial charge in [0.2, 0.25) is 0 Å². The van der Waals surface area contributed by atoms with E-state index in [2.05, 4.69) is 0 Å². The van der Waals surface area contributed by atoms with Crippen molar-refractivity contribution in [1.82, 2.24) is 0 Å². The van der Waals surface area contributed by atoms with Crippen molar-refractivity contribution in [3.8, 4) is 0 Å². The zero-order chi connectivity index (χ0) is 11.6. The van der Waals surface area contributed by atoms with Crippen LogP contribution in [0.3, 0.4) is 0 Å². The Labute approximate surface area is 117 Å². The molecule has 0 aromatic rings. The van der Waals surface area contributed by atoms with Gasteiger partial charge in [-0.15, -0.1) is 0 Å². The van der Waals surface area contributed by atoms with Crippen molar-refractivity contribution in [2.45, 2.75) is 24.5 Å². The van der Waals surface area contributed by atoms with Gasteiger partial charge in [-0.2, -0.15) is 0 Å². The van der Waals surface area contributed by atoms with Crippen LogP contribution in [-0.2, 0) is 20.7 Å². The molecule has 0 saturated heterocycles. The second-order valence-corrected chi connectivity index (χ2v) is 4.67. The minimum Gasteiger partial charge on any atom is -0.772 e. The number of hydrogen-bond acceptors (Lipinski definition) is 4. The SMILES string of the molecule is O=C(O)C1CCCC(S(=O)[O-])C1C(=O)O.[Na+]. The average molecular weight is 258 g/mol. The first-order valence-electron chi connectivity index (χ1n) is 4.49. The van der Waals surface area contributed by atoms with E-state index in [4.69, 9.17) is 10.2 Å². The molecule has 6 nitrogen and oxygen atoms in total. The van der Waals surface area contributed by atoms with Crippen LogP contribution in [-0.4, -0.2) is 36.2 Å². The molecule has 0 heterocycles. The normalized spacial score (nSPS) is 31.2. The molecule has 8 heteroatoms. The number of carboxylic acids is 2. The van der Waals surface area contributed by atoms with Gasteiger partial charge in [0.1, 0.15) is 0 Å². The summed E-state index contributed by atoms with van der Waals surface area (Å²) in [4.78, 5) is 21.6. The predicted octanol–water partition coefficient (Wildman–Crippen LogP) is -3.18. The number of rotatable bonds is 3. The second kappa shape index (κ2) is 6.70. The molecule has 2 N–H and O–H groups in total. The first kappa shape index (κ1) is 16.1. The molecule has 1 aliphatic rings. The van der Waals surface area contributed by atoms with Crippen LogP contribution >= 0.6 is 0 Å². The molecule has 0 aromatic carbocycles. The smallest absolute Gasteiger partial charge is 0.772 e. The minimum atomic E-state index is -2.53. The van der Waals surface area contributed by atoms with E-state index in [1.54, 1.807) is 0 Å². The summed E-state index contributed by atoms with van der Waals surface area (Å²) in [6.45, 7) is 0. The van der Waals surface area contributed by atoms with Gasteiger partial charge in [-0.1, -0.05) is 17.5 Å². The van der Waals surface area contributed by atoms with Gasteiger partial charge in [0, 0.05) is 5.25 Å². The Kier molecular flexibility index (Phi) is 6.73. The molecular formula is C8H11NaO6S. The summed E-state index contributed by atoms with van der Waals surface area (Å²) in [5, 5.41) is 16.5. The van der Waals surface area contributed by atoms with Gasteiger partial charge < -0.3 is 14.8 Å². The van der Waals surface area contributed by atoms with Crippen molar-refractivity contribution in [2.75, 3.05) is 0 Å². The topological polar surface area (TPSA) is 115 Å². The number of carbonyl (C=O) groups is 2. The largest absolute Gasteiger partial charge is 1.00 e. The fourth-order valence-corrected chi connectivity index (χ4v) is 2.89. The third-order valence-electron chi connectivity index (χ3n) is 2.69. The molecule has 0 bridgehead atoms. The van der Waals surface area contributed by atoms with Crippen LogP contribution in [0.5, 0.6) is 0 Å². The van der Waals surface area contributed by atoms with E-state index in [9.17, 15) is 18.4 Å². The maximum absolute atomic E-state index is 10.8. The third-order valence-corrected chi connectivity index (χ3v) is 3.71. The van der Waals surface area contributed by atoms with Gasteiger partial charge in [0.25, 0.3) is 0 Å². The van der Waals surface area contributed by atoms with E-state index in [-0.39, 0.29) is 42.4 Å². The van der Waals surface area contributed by atoms with Crippen molar-refractivity contribution < 1.29 is 58.1 Å². The number of aliphatic carboxylic acids is 2. The van der Waals surface area contributed by atoms with Crippen LogP contribution in [0, 0.1) is 11.8 Å². The van der Waals surface area contributed by atoms with E-state index in [0.29, 0.717) is 6.42 Å². The molecule has 0 amide bonds. The number of carboxylic acid groups (broad SMARTS) is 2. The molecule has 4 unspecified atom stereocenters. The van der Waals surface area contributed by atoms with Gasteiger partial charge in [0.15, 0.2) is 0 Å². The molecule has 1 aliphatic carbocycles. The van der Waals surface area contributed by atoms with Crippen LogP contribution in [0.2, 0.25) is 0 Å². The van der Waals surface area contributed by atoms with E-state index in [0.717, 1.165) is 0 Å². The first-order chi connectivity index (χ1) is 6.95. The van der Waals surface area contributed by atoms with Crippen LogP contribution in [0.4, 0.5) is 0 Å². The van der Waals surface area contributed by atoms with Crippen LogP contribution < -0.4 is 29.6 Å². The van der Waals surface area contributed by atoms with Crippen molar-refractivity contribution in [3.63, 3.8) is 0 Å². The average Bonchev–Trinajstić information content (AvgIpc) is 2.16. The summed E-state index contributed by atoms with van der Waals surface area (Å²) in [5.41, 5.74) is 0. The Morgan fingerprint density at radius 2 is 1.75 bits per heavy atom. The van der Waals surface area contributed by atoms with E-state index >= 15 is 0 Å². The molecule has 0 aliphatic heterocycles. The molecule has 1 rings (SSSR count). The molecule has 16 heavy (non-hydrogen) atoms. The van der Waals surface area contributed by atoms with Gasteiger partial charge in [0.05, 0.1) is 11.8 Å². The van der Waals surface area contributed by atoms with Crippen LogP contribution in [0.1, 0.15) is 19.3 Å². The standard InChI is InChI=1S/C8H12O6S.Na/c9-7(10)4-2-1-3-5(15(13)14)6(4)8(11)12;/h4-6H,1-3H2,(H,9,10)(H,11,12)(H,13,14);/q;+1/p-1. The van der Waals surface area contributed by atoms with E-state index < -0.39 is 40.1 Å². The molecule has 1 fully saturated rings. The van der Waals surface area contributed by atoms with Crippen molar-refractivity contribution in [2.24, 2.45) is 11.8 Å². The van der Waals surface area contributed by atoms with Gasteiger partial charge in [-0.05, 0) is 12.8 Å². The maximum atomic E-state index is 10.8. The molecule has 0 spiro atoms. The molecule has 0 aromatic heterocycles. The zero-order valence-electron chi connectivity index (χ0n) is 8.79. The first-order valence-corrected chi connectivity index (χ1v) is 5.62.